The predicted molar refractivity (Wildman–Crippen MR) is 129 cm³/mol. The number of hydrogen-bond acceptors (Lipinski definition) is 5. The Morgan fingerprint density at radius 1 is 1.03 bits per heavy atom. The van der Waals surface area contributed by atoms with E-state index in [1.165, 1.54) is 12.1 Å². The maximum absolute atomic E-state index is 12.4. The molecule has 3 aromatic rings. The summed E-state index contributed by atoms with van der Waals surface area (Å²) in [5, 5.41) is 7.93. The number of carbonyl (C=O) groups excluding carboxylic acids is 1. The molecule has 0 radical (unpaired) electrons. The fraction of sp³-hybridized carbons (Fsp3) is 0.462. The van der Waals surface area contributed by atoms with Gasteiger partial charge in [-0.1, -0.05) is 12.1 Å². The van der Waals surface area contributed by atoms with Gasteiger partial charge in [-0.3, -0.25) is 4.79 Å². The van der Waals surface area contributed by atoms with Crippen molar-refractivity contribution in [2.45, 2.75) is 19.3 Å². The Morgan fingerprint density at radius 3 is 2.58 bits per heavy atom. The van der Waals surface area contributed by atoms with E-state index in [1.54, 1.807) is 0 Å². The van der Waals surface area contributed by atoms with Gasteiger partial charge in [-0.2, -0.15) is 5.10 Å². The lowest BCUT2D eigenvalue weighted by molar-refractivity contribution is -0.132. The van der Waals surface area contributed by atoms with Crippen molar-refractivity contribution in [1.82, 2.24) is 19.8 Å². The lowest BCUT2D eigenvalue weighted by atomic mass is 10.1. The number of fused-ring (bicyclic) bond motifs is 1. The first kappa shape index (κ1) is 20.5. The Kier molecular flexibility index (Phi) is 5.42. The average molecular weight is 446 g/mol. The van der Waals surface area contributed by atoms with Crippen LogP contribution in [0.5, 0.6) is 5.75 Å². The van der Waals surface area contributed by atoms with Crippen LogP contribution in [0.25, 0.3) is 16.6 Å². The third-order valence-electron chi connectivity index (χ3n) is 7.18. The van der Waals surface area contributed by atoms with Crippen LogP contribution in [0.2, 0.25) is 0 Å². The minimum absolute atomic E-state index is 0.300. The molecule has 1 atom stereocenters. The SMILES string of the molecule is O=C(C1CC1)N1CCN(c2ccnn3cc(-c4ccc(OCC5CCNC5)cc4)cc23)CC1. The van der Waals surface area contributed by atoms with E-state index in [4.69, 9.17) is 4.74 Å². The molecule has 172 valence electrons. The summed E-state index contributed by atoms with van der Waals surface area (Å²) in [6.07, 6.45) is 7.29. The lowest BCUT2D eigenvalue weighted by Crippen LogP contribution is -2.49. The molecule has 2 aliphatic heterocycles. The van der Waals surface area contributed by atoms with E-state index in [0.29, 0.717) is 17.7 Å². The first-order valence-corrected chi connectivity index (χ1v) is 12.2. The van der Waals surface area contributed by atoms with Crippen LogP contribution in [-0.4, -0.2) is 66.3 Å². The van der Waals surface area contributed by atoms with Gasteiger partial charge >= 0.3 is 0 Å². The molecule has 7 nitrogen and oxygen atoms in total. The van der Waals surface area contributed by atoms with Crippen LogP contribution in [-0.2, 0) is 4.79 Å². The van der Waals surface area contributed by atoms with E-state index in [-0.39, 0.29) is 0 Å². The van der Waals surface area contributed by atoms with Crippen molar-refractivity contribution < 1.29 is 9.53 Å². The number of benzene rings is 1. The van der Waals surface area contributed by atoms with Gasteiger partial charge in [0.25, 0.3) is 0 Å². The molecule has 2 saturated heterocycles. The zero-order valence-electron chi connectivity index (χ0n) is 18.9. The summed E-state index contributed by atoms with van der Waals surface area (Å²) in [4.78, 5) is 16.8. The standard InChI is InChI=1S/C26H31N5O2/c32-26(21-1-2-21)30-13-11-29(12-14-30)24-8-10-28-31-17-22(15-25(24)31)20-3-5-23(6-4-20)33-18-19-7-9-27-16-19/h3-6,8,10,15,17,19,21,27H,1-2,7,9,11-14,16,18H2. The van der Waals surface area contributed by atoms with Gasteiger partial charge in [-0.05, 0) is 55.6 Å². The van der Waals surface area contributed by atoms with E-state index in [1.807, 2.05) is 15.6 Å². The summed E-state index contributed by atoms with van der Waals surface area (Å²) in [7, 11) is 0. The molecule has 1 aliphatic carbocycles. The lowest BCUT2D eigenvalue weighted by Gasteiger charge is -2.36. The van der Waals surface area contributed by atoms with Gasteiger partial charge in [0.2, 0.25) is 5.91 Å². The van der Waals surface area contributed by atoms with Gasteiger partial charge < -0.3 is 19.9 Å². The topological polar surface area (TPSA) is 62.1 Å². The van der Waals surface area contributed by atoms with Crippen molar-refractivity contribution >= 4 is 17.1 Å². The van der Waals surface area contributed by atoms with E-state index in [0.717, 1.165) is 81.1 Å². The van der Waals surface area contributed by atoms with Crippen LogP contribution in [0.15, 0.2) is 48.8 Å². The van der Waals surface area contributed by atoms with Crippen molar-refractivity contribution in [3.8, 4) is 16.9 Å². The Balaban J connectivity index is 1.16. The number of aromatic nitrogens is 2. The molecule has 4 heterocycles. The van der Waals surface area contributed by atoms with Crippen molar-refractivity contribution in [1.29, 1.82) is 0 Å². The minimum Gasteiger partial charge on any atom is -0.493 e. The normalized spacial score (nSPS) is 21.0. The maximum Gasteiger partial charge on any atom is 0.225 e. The Morgan fingerprint density at radius 2 is 1.85 bits per heavy atom. The first-order chi connectivity index (χ1) is 16.2. The second kappa shape index (κ2) is 8.71. The average Bonchev–Trinajstić information content (AvgIpc) is 3.39. The second-order valence-corrected chi connectivity index (χ2v) is 9.56. The van der Waals surface area contributed by atoms with Crippen molar-refractivity contribution in [2.75, 3.05) is 50.8 Å². The van der Waals surface area contributed by atoms with Gasteiger partial charge in [0, 0.05) is 62.5 Å². The van der Waals surface area contributed by atoms with Crippen LogP contribution in [0.1, 0.15) is 19.3 Å². The highest BCUT2D eigenvalue weighted by Crippen LogP contribution is 2.33. The van der Waals surface area contributed by atoms with Crippen LogP contribution in [0.3, 0.4) is 0 Å². The molecule has 1 unspecified atom stereocenters. The fourth-order valence-corrected chi connectivity index (χ4v) is 5.00. The molecule has 3 aliphatic rings. The third kappa shape index (κ3) is 4.29. The molecule has 1 amide bonds. The summed E-state index contributed by atoms with van der Waals surface area (Å²) in [5.74, 6) is 2.19. The zero-order valence-corrected chi connectivity index (χ0v) is 18.9. The third-order valence-corrected chi connectivity index (χ3v) is 7.18. The number of hydrogen-bond donors (Lipinski definition) is 1. The highest BCUT2D eigenvalue weighted by Gasteiger charge is 2.34. The molecule has 2 aromatic heterocycles. The smallest absolute Gasteiger partial charge is 0.225 e. The van der Waals surface area contributed by atoms with Crippen LogP contribution >= 0.6 is 0 Å². The van der Waals surface area contributed by atoms with Gasteiger partial charge in [-0.15, -0.1) is 0 Å². The minimum atomic E-state index is 0.300. The molecule has 1 saturated carbocycles. The number of rotatable bonds is 6. The molecule has 0 bridgehead atoms. The number of nitrogens with zero attached hydrogens (tertiary/aromatic N) is 4. The number of anilines is 1. The van der Waals surface area contributed by atoms with Crippen molar-refractivity contribution in [2.24, 2.45) is 11.8 Å². The molecular weight excluding hydrogens is 414 g/mol. The van der Waals surface area contributed by atoms with Gasteiger partial charge in [-0.25, -0.2) is 4.52 Å². The number of ether oxygens (including phenoxy) is 1. The summed E-state index contributed by atoms with van der Waals surface area (Å²) < 4.78 is 7.95. The van der Waals surface area contributed by atoms with E-state index >= 15 is 0 Å². The molecule has 1 aromatic carbocycles. The van der Waals surface area contributed by atoms with Crippen molar-refractivity contribution in [3.63, 3.8) is 0 Å². The summed E-state index contributed by atoms with van der Waals surface area (Å²) >= 11 is 0. The number of amides is 1. The van der Waals surface area contributed by atoms with Gasteiger partial charge in [0.1, 0.15) is 5.75 Å². The summed E-state index contributed by atoms with van der Waals surface area (Å²) in [6.45, 7) is 6.25. The monoisotopic (exact) mass is 445 g/mol. The zero-order chi connectivity index (χ0) is 22.2. The Bertz CT molecular complexity index is 1120. The van der Waals surface area contributed by atoms with Crippen LogP contribution in [0.4, 0.5) is 5.69 Å². The maximum atomic E-state index is 12.4. The number of piperazine rings is 1. The Hall–Kier alpha value is -3.06. The van der Waals surface area contributed by atoms with E-state index in [9.17, 15) is 4.79 Å². The molecule has 7 heteroatoms. The van der Waals surface area contributed by atoms with Gasteiger partial charge in [0.15, 0.2) is 0 Å². The largest absolute Gasteiger partial charge is 0.493 e. The first-order valence-electron chi connectivity index (χ1n) is 12.2. The summed E-state index contributed by atoms with van der Waals surface area (Å²) in [6, 6.07) is 12.7. The van der Waals surface area contributed by atoms with E-state index < -0.39 is 0 Å². The highest BCUT2D eigenvalue weighted by atomic mass is 16.5. The second-order valence-electron chi connectivity index (χ2n) is 9.56. The molecule has 0 spiro atoms. The summed E-state index contributed by atoms with van der Waals surface area (Å²) in [5.41, 5.74) is 4.58. The highest BCUT2D eigenvalue weighted by molar-refractivity contribution is 5.82. The molecule has 33 heavy (non-hydrogen) atoms. The van der Waals surface area contributed by atoms with Gasteiger partial charge in [0.05, 0.1) is 17.8 Å². The molecule has 3 fully saturated rings. The van der Waals surface area contributed by atoms with Crippen molar-refractivity contribution in [3.05, 3.63) is 48.8 Å². The number of nitrogens with one attached hydrogen (secondary N) is 1. The van der Waals surface area contributed by atoms with Crippen LogP contribution in [0, 0.1) is 11.8 Å². The van der Waals surface area contributed by atoms with E-state index in [2.05, 4.69) is 57.9 Å². The number of carbonyl (C=O) groups is 1. The molecule has 1 N–H and O–H groups in total. The fourth-order valence-electron chi connectivity index (χ4n) is 5.00. The quantitative estimate of drug-likeness (QED) is 0.632. The van der Waals surface area contributed by atoms with Crippen LogP contribution < -0.4 is 15.0 Å². The predicted octanol–water partition coefficient (Wildman–Crippen LogP) is 3.05. The Labute approximate surface area is 194 Å². The molecule has 6 rings (SSSR count). The molecular formula is C26H31N5O2.